The van der Waals surface area contributed by atoms with Gasteiger partial charge in [0.05, 0.1) is 11.6 Å². The van der Waals surface area contributed by atoms with E-state index in [2.05, 4.69) is 11.4 Å². The highest BCUT2D eigenvalue weighted by atomic mass is 16.2. The van der Waals surface area contributed by atoms with E-state index in [4.69, 9.17) is 5.26 Å². The standard InChI is InChI=1S/C27H24N4O4/c28-12-16-1-3-17(4-2-16)20-10-27(11-20)14-30(15-27)25(34)18-5-6-21-19(9-18)13-31(26(21)35)22-7-8-23(32)29-24(22)33/h1-6,9,20,22H,7-8,10-11,13-15H2,(H,29,32,33). The van der Waals surface area contributed by atoms with E-state index in [0.29, 0.717) is 29.0 Å². The summed E-state index contributed by atoms with van der Waals surface area (Å²) < 4.78 is 0. The predicted molar refractivity (Wildman–Crippen MR) is 124 cm³/mol. The van der Waals surface area contributed by atoms with Crippen molar-refractivity contribution in [2.75, 3.05) is 13.1 Å². The second-order valence-corrected chi connectivity index (χ2v) is 10.3. The minimum absolute atomic E-state index is 0.0350. The average molecular weight is 469 g/mol. The molecule has 8 heteroatoms. The summed E-state index contributed by atoms with van der Waals surface area (Å²) in [5.74, 6) is -0.550. The Morgan fingerprint density at radius 3 is 2.49 bits per heavy atom. The lowest BCUT2D eigenvalue weighted by atomic mass is 9.56. The van der Waals surface area contributed by atoms with Crippen LogP contribution in [-0.2, 0) is 16.1 Å². The molecule has 2 aromatic carbocycles. The fourth-order valence-electron chi connectivity index (χ4n) is 6.11. The Morgan fingerprint density at radius 1 is 1.06 bits per heavy atom. The Labute approximate surface area is 202 Å². The van der Waals surface area contributed by atoms with E-state index in [9.17, 15) is 19.2 Å². The van der Waals surface area contributed by atoms with Gasteiger partial charge in [0.25, 0.3) is 11.8 Å². The molecule has 1 unspecified atom stereocenters. The van der Waals surface area contributed by atoms with Crippen molar-refractivity contribution in [2.24, 2.45) is 5.41 Å². The number of amides is 4. The largest absolute Gasteiger partial charge is 0.337 e. The lowest BCUT2D eigenvalue weighted by Crippen LogP contribution is -2.63. The zero-order valence-corrected chi connectivity index (χ0v) is 19.1. The van der Waals surface area contributed by atoms with E-state index in [1.807, 2.05) is 29.2 Å². The summed E-state index contributed by atoms with van der Waals surface area (Å²) in [6.45, 7) is 1.73. The Balaban J connectivity index is 1.08. The first-order chi connectivity index (χ1) is 16.9. The van der Waals surface area contributed by atoms with Crippen LogP contribution in [0.5, 0.6) is 0 Å². The molecule has 3 heterocycles. The maximum Gasteiger partial charge on any atom is 0.255 e. The Hall–Kier alpha value is -3.99. The molecule has 176 valence electrons. The number of likely N-dealkylation sites (tertiary alicyclic amines) is 1. The highest BCUT2D eigenvalue weighted by Crippen LogP contribution is 2.56. The van der Waals surface area contributed by atoms with Gasteiger partial charge in [-0.1, -0.05) is 12.1 Å². The number of carbonyl (C=O) groups excluding carboxylic acids is 4. The Morgan fingerprint density at radius 2 is 1.80 bits per heavy atom. The van der Waals surface area contributed by atoms with Crippen molar-refractivity contribution in [2.45, 2.75) is 44.2 Å². The van der Waals surface area contributed by atoms with E-state index in [1.54, 1.807) is 18.2 Å². The number of rotatable bonds is 3. The first-order valence-corrected chi connectivity index (χ1v) is 11.9. The highest BCUT2D eigenvalue weighted by Gasteiger charge is 2.54. The monoisotopic (exact) mass is 468 g/mol. The number of hydrogen-bond acceptors (Lipinski definition) is 5. The normalized spacial score (nSPS) is 22.8. The molecule has 2 aromatic rings. The third-order valence-electron chi connectivity index (χ3n) is 7.98. The van der Waals surface area contributed by atoms with Crippen LogP contribution in [0.15, 0.2) is 42.5 Å². The number of hydrogen-bond donors (Lipinski definition) is 1. The molecule has 4 aliphatic rings. The number of nitriles is 1. The van der Waals surface area contributed by atoms with E-state index in [-0.39, 0.29) is 36.1 Å². The summed E-state index contributed by atoms with van der Waals surface area (Å²) >= 11 is 0. The van der Waals surface area contributed by atoms with Gasteiger partial charge in [-0.3, -0.25) is 24.5 Å². The van der Waals surface area contributed by atoms with Gasteiger partial charge in [-0.25, -0.2) is 0 Å². The average Bonchev–Trinajstić information content (AvgIpc) is 3.13. The fourth-order valence-corrected chi connectivity index (χ4v) is 6.11. The van der Waals surface area contributed by atoms with Gasteiger partial charge in [-0.05, 0) is 66.6 Å². The molecule has 1 aliphatic carbocycles. The van der Waals surface area contributed by atoms with Gasteiger partial charge in [0.2, 0.25) is 11.8 Å². The molecule has 0 aromatic heterocycles. The van der Waals surface area contributed by atoms with Crippen LogP contribution in [0.25, 0.3) is 0 Å². The molecule has 35 heavy (non-hydrogen) atoms. The minimum atomic E-state index is -0.662. The quantitative estimate of drug-likeness (QED) is 0.696. The van der Waals surface area contributed by atoms with Gasteiger partial charge < -0.3 is 9.80 Å². The topological polar surface area (TPSA) is 111 Å². The van der Waals surface area contributed by atoms with Crippen LogP contribution in [0.4, 0.5) is 0 Å². The second-order valence-electron chi connectivity index (χ2n) is 10.3. The van der Waals surface area contributed by atoms with Crippen molar-refractivity contribution in [3.05, 3.63) is 70.3 Å². The van der Waals surface area contributed by atoms with E-state index in [1.165, 1.54) is 10.5 Å². The molecule has 4 amide bonds. The Bertz CT molecular complexity index is 1310. The summed E-state index contributed by atoms with van der Waals surface area (Å²) in [4.78, 5) is 53.0. The molecule has 2 saturated heterocycles. The van der Waals surface area contributed by atoms with Crippen LogP contribution in [0.1, 0.15) is 69.0 Å². The number of nitrogens with one attached hydrogen (secondary N) is 1. The number of fused-ring (bicyclic) bond motifs is 1. The van der Waals surface area contributed by atoms with Gasteiger partial charge in [-0.15, -0.1) is 0 Å². The van der Waals surface area contributed by atoms with E-state index in [0.717, 1.165) is 31.5 Å². The van der Waals surface area contributed by atoms with Crippen molar-refractivity contribution in [1.82, 2.24) is 15.1 Å². The van der Waals surface area contributed by atoms with Crippen LogP contribution in [0.3, 0.4) is 0 Å². The lowest BCUT2D eigenvalue weighted by molar-refractivity contribution is -0.136. The van der Waals surface area contributed by atoms with Crippen molar-refractivity contribution in [3.8, 4) is 6.07 Å². The van der Waals surface area contributed by atoms with Crippen LogP contribution in [0, 0.1) is 16.7 Å². The molecule has 6 rings (SSSR count). The third kappa shape index (κ3) is 3.50. The molecule has 0 radical (unpaired) electrons. The molecular weight excluding hydrogens is 444 g/mol. The van der Waals surface area contributed by atoms with Gasteiger partial charge in [-0.2, -0.15) is 5.26 Å². The minimum Gasteiger partial charge on any atom is -0.337 e. The van der Waals surface area contributed by atoms with Gasteiger partial charge >= 0.3 is 0 Å². The molecular formula is C27H24N4O4. The van der Waals surface area contributed by atoms with Crippen molar-refractivity contribution in [3.63, 3.8) is 0 Å². The maximum absolute atomic E-state index is 13.1. The molecule has 3 aliphatic heterocycles. The van der Waals surface area contributed by atoms with Crippen molar-refractivity contribution < 1.29 is 19.2 Å². The molecule has 8 nitrogen and oxygen atoms in total. The van der Waals surface area contributed by atoms with Gasteiger partial charge in [0.15, 0.2) is 0 Å². The van der Waals surface area contributed by atoms with Gasteiger partial charge in [0, 0.05) is 42.6 Å². The zero-order valence-electron chi connectivity index (χ0n) is 19.1. The van der Waals surface area contributed by atoms with Crippen LogP contribution in [-0.4, -0.2) is 52.6 Å². The summed E-state index contributed by atoms with van der Waals surface area (Å²) in [7, 11) is 0. The molecule has 1 spiro atoms. The molecule has 1 N–H and O–H groups in total. The predicted octanol–water partition coefficient (Wildman–Crippen LogP) is 2.34. The number of carbonyl (C=O) groups is 4. The highest BCUT2D eigenvalue weighted by molar-refractivity contribution is 6.06. The first kappa shape index (κ1) is 21.5. The first-order valence-electron chi connectivity index (χ1n) is 11.9. The van der Waals surface area contributed by atoms with Crippen LogP contribution < -0.4 is 5.32 Å². The summed E-state index contributed by atoms with van der Waals surface area (Å²) in [6.07, 6.45) is 2.61. The summed E-state index contributed by atoms with van der Waals surface area (Å²) in [5, 5.41) is 11.3. The molecule has 3 fully saturated rings. The number of benzene rings is 2. The fraction of sp³-hybridized carbons (Fsp3) is 0.370. The van der Waals surface area contributed by atoms with Crippen molar-refractivity contribution in [1.29, 1.82) is 5.26 Å². The van der Waals surface area contributed by atoms with Crippen LogP contribution >= 0.6 is 0 Å². The Kier molecular flexibility index (Phi) is 4.78. The van der Waals surface area contributed by atoms with Gasteiger partial charge in [0.1, 0.15) is 6.04 Å². The number of imide groups is 1. The molecule has 0 bridgehead atoms. The van der Waals surface area contributed by atoms with E-state index >= 15 is 0 Å². The second kappa shape index (κ2) is 7.77. The molecule has 1 saturated carbocycles. The third-order valence-corrected chi connectivity index (χ3v) is 7.98. The number of nitrogens with zero attached hydrogens (tertiary/aromatic N) is 3. The maximum atomic E-state index is 13.1. The summed E-state index contributed by atoms with van der Waals surface area (Å²) in [6, 6.07) is 14.4. The summed E-state index contributed by atoms with van der Waals surface area (Å²) in [5.41, 5.74) is 3.91. The van der Waals surface area contributed by atoms with Crippen LogP contribution in [0.2, 0.25) is 0 Å². The van der Waals surface area contributed by atoms with E-state index < -0.39 is 11.9 Å². The smallest absolute Gasteiger partial charge is 0.255 e. The molecule has 1 atom stereocenters. The SMILES string of the molecule is N#Cc1ccc(C2CC3(C2)CN(C(=O)c2ccc4c(c2)CN(C2CCC(=O)NC2=O)C4=O)C3)cc1. The number of piperidine rings is 1. The zero-order chi connectivity index (χ0) is 24.3. The van der Waals surface area contributed by atoms with Crippen molar-refractivity contribution >= 4 is 23.6 Å². The lowest BCUT2D eigenvalue weighted by Gasteiger charge is -2.59.